The van der Waals surface area contributed by atoms with E-state index < -0.39 is 0 Å². The third-order valence-electron chi connectivity index (χ3n) is 3.03. The first-order valence-electron chi connectivity index (χ1n) is 6.00. The van der Waals surface area contributed by atoms with Gasteiger partial charge in [0.15, 0.2) is 0 Å². The Bertz CT molecular complexity index is 574. The van der Waals surface area contributed by atoms with Gasteiger partial charge in [-0.1, -0.05) is 12.1 Å². The molecule has 0 aliphatic rings. The van der Waals surface area contributed by atoms with Gasteiger partial charge in [-0.3, -0.25) is 4.98 Å². The first kappa shape index (κ1) is 14.4. The number of pyridine rings is 1. The van der Waals surface area contributed by atoms with E-state index in [0.29, 0.717) is 6.42 Å². The third kappa shape index (κ3) is 3.48. The summed E-state index contributed by atoms with van der Waals surface area (Å²) in [6, 6.07) is 9.89. The monoisotopic (exact) mass is 339 g/mol. The SMILES string of the molecule is COc1ccc(C(Cl)Cc2ncccc2C)cc1Br. The maximum Gasteiger partial charge on any atom is 0.133 e. The second kappa shape index (κ2) is 6.40. The number of rotatable bonds is 4. The summed E-state index contributed by atoms with van der Waals surface area (Å²) >= 11 is 9.95. The zero-order valence-corrected chi connectivity index (χ0v) is 13.2. The van der Waals surface area contributed by atoms with E-state index in [1.165, 1.54) is 5.56 Å². The van der Waals surface area contributed by atoms with Crippen LogP contribution in [-0.4, -0.2) is 12.1 Å². The molecule has 0 N–H and O–H groups in total. The van der Waals surface area contributed by atoms with E-state index in [1.54, 1.807) is 13.3 Å². The first-order chi connectivity index (χ1) is 9.11. The Morgan fingerprint density at radius 1 is 1.37 bits per heavy atom. The molecule has 1 unspecified atom stereocenters. The quantitative estimate of drug-likeness (QED) is 0.754. The number of hydrogen-bond donors (Lipinski definition) is 0. The van der Waals surface area contributed by atoms with Crippen molar-refractivity contribution in [2.45, 2.75) is 18.7 Å². The highest BCUT2D eigenvalue weighted by molar-refractivity contribution is 9.10. The number of halogens is 2. The van der Waals surface area contributed by atoms with Gasteiger partial charge in [0.25, 0.3) is 0 Å². The molecule has 100 valence electrons. The highest BCUT2D eigenvalue weighted by atomic mass is 79.9. The summed E-state index contributed by atoms with van der Waals surface area (Å²) in [4.78, 5) is 4.38. The zero-order valence-electron chi connectivity index (χ0n) is 10.9. The molecule has 0 amide bonds. The Morgan fingerprint density at radius 3 is 2.79 bits per heavy atom. The Kier molecular flexibility index (Phi) is 4.83. The smallest absolute Gasteiger partial charge is 0.133 e. The van der Waals surface area contributed by atoms with Gasteiger partial charge in [-0.25, -0.2) is 0 Å². The van der Waals surface area contributed by atoms with Crippen LogP contribution in [0.25, 0.3) is 0 Å². The summed E-state index contributed by atoms with van der Waals surface area (Å²) in [5, 5.41) is -0.101. The van der Waals surface area contributed by atoms with Crippen molar-refractivity contribution in [1.29, 1.82) is 0 Å². The molecule has 0 aliphatic carbocycles. The lowest BCUT2D eigenvalue weighted by atomic mass is 10.0. The standard InChI is InChI=1S/C15H15BrClNO/c1-10-4-3-7-18-14(10)9-13(17)11-5-6-15(19-2)12(16)8-11/h3-8,13H,9H2,1-2H3. The molecule has 19 heavy (non-hydrogen) atoms. The first-order valence-corrected chi connectivity index (χ1v) is 7.22. The van der Waals surface area contributed by atoms with Crippen molar-refractivity contribution in [2.75, 3.05) is 7.11 Å². The molecule has 0 bridgehead atoms. The number of alkyl halides is 1. The fourth-order valence-electron chi connectivity index (χ4n) is 1.90. The molecule has 1 aromatic carbocycles. The predicted molar refractivity (Wildman–Crippen MR) is 82.0 cm³/mol. The maximum atomic E-state index is 6.48. The van der Waals surface area contributed by atoms with Crippen LogP contribution in [-0.2, 0) is 6.42 Å². The number of benzene rings is 1. The highest BCUT2D eigenvalue weighted by Gasteiger charge is 2.13. The van der Waals surface area contributed by atoms with E-state index in [1.807, 2.05) is 24.3 Å². The lowest BCUT2D eigenvalue weighted by Gasteiger charge is -2.12. The minimum Gasteiger partial charge on any atom is -0.496 e. The Balaban J connectivity index is 2.18. The second-order valence-electron chi connectivity index (χ2n) is 4.33. The number of aryl methyl sites for hydroxylation is 1. The van der Waals surface area contributed by atoms with Crippen molar-refractivity contribution >= 4 is 27.5 Å². The summed E-state index contributed by atoms with van der Waals surface area (Å²) < 4.78 is 6.13. The minimum absolute atomic E-state index is 0.101. The number of nitrogens with zero attached hydrogens (tertiary/aromatic N) is 1. The van der Waals surface area contributed by atoms with Gasteiger partial charge in [0.2, 0.25) is 0 Å². The van der Waals surface area contributed by atoms with Gasteiger partial charge in [0, 0.05) is 18.3 Å². The van der Waals surface area contributed by atoms with Gasteiger partial charge < -0.3 is 4.74 Å². The van der Waals surface area contributed by atoms with Crippen LogP contribution in [0.2, 0.25) is 0 Å². The molecule has 0 saturated heterocycles. The van der Waals surface area contributed by atoms with Crippen molar-refractivity contribution in [3.63, 3.8) is 0 Å². The van der Waals surface area contributed by atoms with Crippen LogP contribution in [0.3, 0.4) is 0 Å². The Hall–Kier alpha value is -1.06. The Labute approximate surface area is 126 Å². The molecular weight excluding hydrogens is 326 g/mol. The summed E-state index contributed by atoms with van der Waals surface area (Å²) in [6.45, 7) is 2.05. The van der Waals surface area contributed by atoms with Gasteiger partial charge in [-0.15, -0.1) is 11.6 Å². The van der Waals surface area contributed by atoms with Crippen molar-refractivity contribution in [2.24, 2.45) is 0 Å². The average molecular weight is 341 g/mol. The fraction of sp³-hybridized carbons (Fsp3) is 0.267. The molecule has 4 heteroatoms. The van der Waals surface area contributed by atoms with E-state index in [4.69, 9.17) is 16.3 Å². The van der Waals surface area contributed by atoms with Gasteiger partial charge >= 0.3 is 0 Å². The predicted octanol–water partition coefficient (Wildman–Crippen LogP) is 4.68. The summed E-state index contributed by atoms with van der Waals surface area (Å²) in [6.07, 6.45) is 2.52. The molecule has 1 atom stereocenters. The number of ether oxygens (including phenoxy) is 1. The van der Waals surface area contributed by atoms with Crippen LogP contribution in [0.4, 0.5) is 0 Å². The van der Waals surface area contributed by atoms with E-state index in [0.717, 1.165) is 21.5 Å². The van der Waals surface area contributed by atoms with Gasteiger partial charge in [-0.05, 0) is 52.2 Å². The van der Waals surface area contributed by atoms with E-state index in [-0.39, 0.29) is 5.38 Å². The maximum absolute atomic E-state index is 6.48. The number of methoxy groups -OCH3 is 1. The van der Waals surface area contributed by atoms with Crippen LogP contribution in [0, 0.1) is 6.92 Å². The van der Waals surface area contributed by atoms with Gasteiger partial charge in [-0.2, -0.15) is 0 Å². The van der Waals surface area contributed by atoms with E-state index in [9.17, 15) is 0 Å². The Morgan fingerprint density at radius 2 is 2.16 bits per heavy atom. The molecule has 2 rings (SSSR count). The van der Waals surface area contributed by atoms with Crippen molar-refractivity contribution < 1.29 is 4.74 Å². The van der Waals surface area contributed by atoms with Crippen molar-refractivity contribution in [3.8, 4) is 5.75 Å². The summed E-state index contributed by atoms with van der Waals surface area (Å²) in [5.74, 6) is 0.807. The molecule has 0 aliphatic heterocycles. The molecule has 1 aromatic heterocycles. The molecule has 0 fully saturated rings. The minimum atomic E-state index is -0.101. The van der Waals surface area contributed by atoms with Gasteiger partial charge in [0.05, 0.1) is 17.0 Å². The zero-order chi connectivity index (χ0) is 13.8. The molecular formula is C15H15BrClNO. The van der Waals surface area contributed by atoms with Crippen molar-refractivity contribution in [3.05, 3.63) is 57.8 Å². The second-order valence-corrected chi connectivity index (χ2v) is 5.71. The lowest BCUT2D eigenvalue weighted by Crippen LogP contribution is -2.00. The molecule has 0 saturated carbocycles. The van der Waals surface area contributed by atoms with Crippen LogP contribution < -0.4 is 4.74 Å². The molecule has 2 aromatic rings. The topological polar surface area (TPSA) is 22.1 Å². The summed E-state index contributed by atoms with van der Waals surface area (Å²) in [7, 11) is 1.65. The third-order valence-corrected chi connectivity index (χ3v) is 4.05. The average Bonchev–Trinajstić information content (AvgIpc) is 2.41. The molecule has 0 radical (unpaired) electrons. The van der Waals surface area contributed by atoms with E-state index >= 15 is 0 Å². The fourth-order valence-corrected chi connectivity index (χ4v) is 2.74. The van der Waals surface area contributed by atoms with Crippen LogP contribution in [0.1, 0.15) is 22.2 Å². The molecule has 1 heterocycles. The normalized spacial score (nSPS) is 12.2. The van der Waals surface area contributed by atoms with Crippen LogP contribution in [0.5, 0.6) is 5.75 Å². The van der Waals surface area contributed by atoms with Gasteiger partial charge in [0.1, 0.15) is 5.75 Å². The van der Waals surface area contributed by atoms with Crippen LogP contribution >= 0.6 is 27.5 Å². The summed E-state index contributed by atoms with van der Waals surface area (Å²) in [5.41, 5.74) is 3.26. The molecule has 2 nitrogen and oxygen atoms in total. The number of aromatic nitrogens is 1. The van der Waals surface area contributed by atoms with Crippen molar-refractivity contribution in [1.82, 2.24) is 4.98 Å². The number of hydrogen-bond acceptors (Lipinski definition) is 2. The molecule has 0 spiro atoms. The highest BCUT2D eigenvalue weighted by Crippen LogP contribution is 2.32. The largest absolute Gasteiger partial charge is 0.496 e. The van der Waals surface area contributed by atoms with Crippen LogP contribution in [0.15, 0.2) is 41.0 Å². The van der Waals surface area contributed by atoms with E-state index in [2.05, 4.69) is 33.9 Å². The lowest BCUT2D eigenvalue weighted by molar-refractivity contribution is 0.412.